The highest BCUT2D eigenvalue weighted by Crippen LogP contribution is 2.51. The zero-order valence-electron chi connectivity index (χ0n) is 66.3. The number of carbonyl (C=O) groups is 8. The summed E-state index contributed by atoms with van der Waals surface area (Å²) >= 11 is 16.6. The number of hydrogen-bond acceptors (Lipinski definition) is 26. The predicted molar refractivity (Wildman–Crippen MR) is 448 cm³/mol. The number of aliphatic hydroxyl groups excluding tert-OH is 5. The number of ketones is 1. The minimum absolute atomic E-state index is 0.105. The molecule has 11 bridgehead atoms. The van der Waals surface area contributed by atoms with Gasteiger partial charge in [-0.25, -0.2) is 5.06 Å². The number of alkyl halides is 1. The van der Waals surface area contributed by atoms with Crippen molar-refractivity contribution >= 4 is 92.9 Å². The van der Waals surface area contributed by atoms with Crippen molar-refractivity contribution in [1.29, 1.82) is 0 Å². The summed E-state index contributed by atoms with van der Waals surface area (Å²) in [6, 6.07) is 24.5. The third kappa shape index (κ3) is 18.8. The van der Waals surface area contributed by atoms with E-state index in [0.717, 1.165) is 89.3 Å². The van der Waals surface area contributed by atoms with E-state index in [1.54, 1.807) is 6.92 Å². The topological polar surface area (TPSA) is 514 Å². The molecule has 7 amide bonds. The Labute approximate surface area is 722 Å². The molecule has 18 atom stereocenters. The molecular formula is C86H91Cl2IN10O23. The molecule has 8 aromatic carbocycles. The molecule has 7 aliphatic heterocycles. The fourth-order valence-corrected chi connectivity index (χ4v) is 17.0. The number of nitrogens with two attached hydrogens (primary N) is 2. The van der Waals surface area contributed by atoms with Crippen LogP contribution in [0.1, 0.15) is 116 Å². The number of likely N-dealkylation sites (N-methyl/N-ethyl adjacent to an activating group) is 1. The highest BCUT2D eigenvalue weighted by atomic mass is 127. The maximum absolute atomic E-state index is 16.3. The first kappa shape index (κ1) is 89.1. The third-order valence-corrected chi connectivity index (χ3v) is 24.3. The van der Waals surface area contributed by atoms with Gasteiger partial charge in [-0.15, -0.1) is 0 Å². The first-order valence-corrected chi connectivity index (χ1v) is 40.8. The number of aliphatic hydroxyl groups is 5. The molecule has 0 saturated carbocycles. The minimum Gasteiger partial charge on any atom is -0.508 e. The molecule has 0 aromatic heterocycles. The molecule has 9 unspecified atom stereocenters. The van der Waals surface area contributed by atoms with Crippen molar-refractivity contribution < 1.29 is 113 Å². The molecule has 0 aliphatic carbocycles. The van der Waals surface area contributed by atoms with Gasteiger partial charge in [-0.1, -0.05) is 157 Å². The van der Waals surface area contributed by atoms with Crippen LogP contribution in [-0.2, 0) is 59.1 Å². The lowest BCUT2D eigenvalue weighted by molar-refractivity contribution is -0.328. The van der Waals surface area contributed by atoms with E-state index in [2.05, 4.69) is 71.9 Å². The molecule has 2 fully saturated rings. The number of aromatic hydroxyl groups is 3. The number of ether oxygens (including phenoxy) is 6. The van der Waals surface area contributed by atoms with Gasteiger partial charge >= 0.3 is 0 Å². The Morgan fingerprint density at radius 2 is 1.30 bits per heavy atom. The summed E-state index contributed by atoms with van der Waals surface area (Å²) in [5.74, 6) is -15.2. The van der Waals surface area contributed by atoms with Crippen LogP contribution in [0.15, 0.2) is 152 Å². The van der Waals surface area contributed by atoms with Crippen molar-refractivity contribution in [3.05, 3.63) is 201 Å². The van der Waals surface area contributed by atoms with Gasteiger partial charge in [-0.3, -0.25) is 48.9 Å². The molecule has 2 saturated heterocycles. The van der Waals surface area contributed by atoms with Crippen molar-refractivity contribution in [2.24, 2.45) is 17.4 Å². The molecule has 33 nitrogen and oxygen atoms in total. The van der Waals surface area contributed by atoms with Gasteiger partial charge in [0.2, 0.25) is 47.5 Å². The Hall–Kier alpha value is -10.7. The molecule has 8 aromatic rings. The maximum Gasteiger partial charge on any atom is 0.272 e. The number of fused-ring (bicyclic) bond motifs is 15. The number of hydroxylamine groups is 2. The Kier molecular flexibility index (Phi) is 27.2. The summed E-state index contributed by atoms with van der Waals surface area (Å²) in [6.45, 7) is 7.25. The average Bonchev–Trinajstić information content (AvgIpc) is 0.765. The second-order valence-electron chi connectivity index (χ2n) is 30.9. The number of phenols is 3. The summed E-state index contributed by atoms with van der Waals surface area (Å²) in [5, 5.41) is 126. The van der Waals surface area contributed by atoms with Crippen LogP contribution >= 0.6 is 45.8 Å². The number of benzene rings is 8. The molecule has 20 N–H and O–H groups in total. The summed E-state index contributed by atoms with van der Waals surface area (Å²) in [5.41, 5.74) is 14.2. The molecule has 15 rings (SSSR count). The standard InChI is InChI=1S/C86H91Cl2IN10O23/c1-37(2)26-54(92-6)79(110)97-69-72(105)47-21-24-58(53(87)28-47)118-60-29-48-30-61(76(60)122-85-77(75(108)74(107)62(35-90)120-85)121-64-34-86(89,78(109)40(5)117-64)93-36-41-12-14-43(15-13-41)45-18-16-44(17-19-45)42-10-8-7-9-11-42)119-59-25-22-50(38(3)66(59)88)73(106)70-84(115)99(116)71(39(4)100)52-31-49(101)32-57(103)65(52)51-27-46(20-23-56(51)102)67(81(112)98-70)96-82(113)68(48)95-80(111)55(33-63(91)104)94-83(69)114/h7-25,27-32,37,40,54-55,62,64,67-75,77-78,85,92-93,101-103,105-109,116H,26,33-36,90H2,1-6H3,(H2,91,104)(H,94,114)(H,95,111)(H,96,113)(H,97,110)(H,98,112)/t40?,54-,55+,62?,64?,67-,68-,69-,70+,71+,72-,73-,74?,75?,77?,78?,85?,86?/m1/s1. The monoisotopic (exact) mass is 1830 g/mol. The average molecular weight is 1830 g/mol. The molecular weight excluding hydrogens is 1740 g/mol. The molecule has 7 heterocycles. The van der Waals surface area contributed by atoms with Crippen LogP contribution in [0, 0.1) is 12.8 Å². The van der Waals surface area contributed by atoms with Crippen molar-refractivity contribution in [3.8, 4) is 79.4 Å². The largest absolute Gasteiger partial charge is 0.508 e. The van der Waals surface area contributed by atoms with Crippen LogP contribution in [0.25, 0.3) is 33.4 Å². The van der Waals surface area contributed by atoms with Gasteiger partial charge in [-0.05, 0) is 150 Å². The van der Waals surface area contributed by atoms with Crippen molar-refractivity contribution in [3.63, 3.8) is 0 Å². The summed E-state index contributed by atoms with van der Waals surface area (Å²) in [4.78, 5) is 120. The van der Waals surface area contributed by atoms with Crippen molar-refractivity contribution in [2.45, 2.75) is 168 Å². The zero-order chi connectivity index (χ0) is 87.8. The van der Waals surface area contributed by atoms with E-state index in [-0.39, 0.29) is 69.1 Å². The summed E-state index contributed by atoms with van der Waals surface area (Å²) in [7, 11) is 1.48. The Morgan fingerprint density at radius 3 is 1.93 bits per heavy atom. The number of nitrogens with one attached hydrogen (secondary N) is 7. The van der Waals surface area contributed by atoms with Gasteiger partial charge in [0.1, 0.15) is 105 Å². The lowest BCUT2D eigenvalue weighted by atomic mass is 9.88. The van der Waals surface area contributed by atoms with E-state index in [4.69, 9.17) is 63.1 Å². The lowest BCUT2D eigenvalue weighted by Gasteiger charge is -2.47. The second-order valence-corrected chi connectivity index (χ2v) is 33.6. The first-order chi connectivity index (χ1) is 58.0. The normalized spacial score (nSPS) is 26.4. The fraction of sp³-hybridized carbons (Fsp3) is 0.349. The van der Waals surface area contributed by atoms with Gasteiger partial charge in [0.25, 0.3) is 5.91 Å². The number of Topliss-reactive ketones (excluding diaryl/α,β-unsaturated/α-hetero) is 1. The maximum atomic E-state index is 16.3. The molecule has 0 spiro atoms. The van der Waals surface area contributed by atoms with Gasteiger partial charge in [0.05, 0.1) is 28.6 Å². The Balaban J connectivity index is 0.968. The van der Waals surface area contributed by atoms with Gasteiger partial charge in [0.15, 0.2) is 29.7 Å². The molecule has 644 valence electrons. The van der Waals surface area contributed by atoms with Gasteiger partial charge < -0.3 is 113 Å². The van der Waals surface area contributed by atoms with Crippen molar-refractivity contribution in [2.75, 3.05) is 13.6 Å². The van der Waals surface area contributed by atoms with E-state index in [1.165, 1.54) is 32.2 Å². The Morgan fingerprint density at radius 1 is 0.689 bits per heavy atom. The first-order valence-electron chi connectivity index (χ1n) is 39.0. The summed E-state index contributed by atoms with van der Waals surface area (Å²) in [6.07, 6.45) is -18.2. The van der Waals surface area contributed by atoms with E-state index >= 15 is 24.0 Å². The van der Waals surface area contributed by atoms with Crippen LogP contribution in [0.3, 0.4) is 0 Å². The van der Waals surface area contributed by atoms with Gasteiger partial charge in [0, 0.05) is 36.7 Å². The van der Waals surface area contributed by atoms with Crippen LogP contribution in [0.5, 0.6) is 46.0 Å². The quantitative estimate of drug-likeness (QED) is 0.0188. The lowest BCUT2D eigenvalue weighted by Crippen LogP contribution is -2.64. The zero-order valence-corrected chi connectivity index (χ0v) is 70.0. The molecule has 122 heavy (non-hydrogen) atoms. The van der Waals surface area contributed by atoms with Crippen LogP contribution in [0.2, 0.25) is 10.0 Å². The highest BCUT2D eigenvalue weighted by molar-refractivity contribution is 14.1. The number of primary amides is 1. The highest BCUT2D eigenvalue weighted by Gasteiger charge is 2.53. The number of hydrogen-bond donors (Lipinski definition) is 18. The van der Waals surface area contributed by atoms with E-state index in [0.29, 0.717) is 0 Å². The molecule has 0 radical (unpaired) electrons. The summed E-state index contributed by atoms with van der Waals surface area (Å²) < 4.78 is 38.9. The van der Waals surface area contributed by atoms with Crippen molar-refractivity contribution in [1.82, 2.24) is 42.3 Å². The number of amides is 7. The number of phenolic OH excluding ortho intramolecular Hbond substituents is 3. The number of halogens is 3. The third-order valence-electron chi connectivity index (χ3n) is 22.0. The van der Waals surface area contributed by atoms with E-state index in [1.807, 2.05) is 80.6 Å². The SMILES string of the molecule is CN[C@H](CC(C)C)C(=O)N[C@H]1C(=O)N[C@@H](CC(N)=O)C(=O)N[C@H]2C(=O)N[C@H]3C(=O)N[C@H](C(=O)N(O)[C@@H](C(C)=O)c4cc(O)cc(O)c4-c4cc3ccc4O)[C@H](O)c3ccc(c(Cl)c3C)Oc3cc2cc(c3OC2OC(CN)C(O)C(O)C2OC2CC(I)(NCc3ccc(-c4ccc(-c5ccccc5)cc4)cc3)C(O)C(C)O2)Oc2ccc(cc2Cl)[C@H]1O. The minimum atomic E-state index is -2.43. The number of carbonyl (C=O) groups excluding carboxylic acids is 8. The number of nitrogens with zero attached hydrogens (tertiary/aromatic N) is 1. The van der Waals surface area contributed by atoms with Crippen LogP contribution < -0.4 is 62.9 Å². The second kappa shape index (κ2) is 37.2. The molecule has 36 heteroatoms. The smallest absolute Gasteiger partial charge is 0.272 e. The van der Waals surface area contributed by atoms with Crippen LogP contribution in [-0.4, -0.2) is 189 Å². The van der Waals surface area contributed by atoms with E-state index < -0.39 is 229 Å². The predicted octanol–water partition coefficient (Wildman–Crippen LogP) is 6.52. The Bertz CT molecular complexity index is 5330. The fourth-order valence-electron chi connectivity index (χ4n) is 15.5. The number of rotatable bonds is 18. The van der Waals surface area contributed by atoms with E-state index in [9.17, 15) is 60.4 Å². The van der Waals surface area contributed by atoms with Crippen LogP contribution in [0.4, 0.5) is 0 Å². The van der Waals surface area contributed by atoms with Gasteiger partial charge in [-0.2, -0.15) is 0 Å². The molecule has 7 aliphatic rings.